The van der Waals surface area contributed by atoms with E-state index in [1.807, 2.05) is 39.0 Å². The number of amides is 1. The summed E-state index contributed by atoms with van der Waals surface area (Å²) in [5, 5.41) is 2.75. The van der Waals surface area contributed by atoms with Gasteiger partial charge in [0.15, 0.2) is 0 Å². The van der Waals surface area contributed by atoms with Crippen molar-refractivity contribution in [3.8, 4) is 0 Å². The molecule has 5 heteroatoms. The van der Waals surface area contributed by atoms with Crippen molar-refractivity contribution in [3.63, 3.8) is 0 Å². The monoisotopic (exact) mass is 342 g/mol. The third-order valence-corrected chi connectivity index (χ3v) is 3.59. The van der Waals surface area contributed by atoms with Crippen LogP contribution in [-0.2, 0) is 10.2 Å². The molecule has 1 rings (SSSR count). The molecule has 0 radical (unpaired) electrons. The standard InChI is InChI=1S/C15H23BrN2O2/c1-14(2,3)20-13(19)18-12-8-10(6-7-11(12)16)15(4,5)9-17/h6-8H,9,17H2,1-5H3,(H,18,19). The summed E-state index contributed by atoms with van der Waals surface area (Å²) in [6.45, 7) is 10.1. The van der Waals surface area contributed by atoms with Gasteiger partial charge in [0.05, 0.1) is 5.69 Å². The summed E-state index contributed by atoms with van der Waals surface area (Å²) < 4.78 is 6.06. The Morgan fingerprint density at radius 3 is 2.40 bits per heavy atom. The average Bonchev–Trinajstić information content (AvgIpc) is 2.29. The number of rotatable bonds is 3. The molecule has 0 spiro atoms. The molecular weight excluding hydrogens is 320 g/mol. The number of ether oxygens (including phenoxy) is 1. The number of hydrogen-bond acceptors (Lipinski definition) is 3. The normalized spacial score (nSPS) is 12.2. The molecule has 1 aromatic carbocycles. The smallest absolute Gasteiger partial charge is 0.412 e. The van der Waals surface area contributed by atoms with Crippen molar-refractivity contribution < 1.29 is 9.53 Å². The summed E-state index contributed by atoms with van der Waals surface area (Å²) in [6, 6.07) is 5.82. The van der Waals surface area contributed by atoms with Crippen LogP contribution in [0.1, 0.15) is 40.2 Å². The predicted octanol–water partition coefficient (Wildman–Crippen LogP) is 4.03. The minimum absolute atomic E-state index is 0.148. The van der Waals surface area contributed by atoms with Gasteiger partial charge < -0.3 is 10.5 Å². The quantitative estimate of drug-likeness (QED) is 0.871. The molecule has 20 heavy (non-hydrogen) atoms. The van der Waals surface area contributed by atoms with Crippen LogP contribution < -0.4 is 11.1 Å². The summed E-state index contributed by atoms with van der Waals surface area (Å²) in [6.07, 6.45) is -0.471. The molecule has 0 aromatic heterocycles. The van der Waals surface area contributed by atoms with Crippen LogP contribution in [-0.4, -0.2) is 18.2 Å². The lowest BCUT2D eigenvalue weighted by atomic mass is 9.85. The molecule has 112 valence electrons. The highest BCUT2D eigenvalue weighted by Crippen LogP contribution is 2.30. The van der Waals surface area contributed by atoms with Crippen LogP contribution in [0.5, 0.6) is 0 Å². The maximum atomic E-state index is 11.8. The van der Waals surface area contributed by atoms with Crippen LogP contribution in [0.4, 0.5) is 10.5 Å². The van der Waals surface area contributed by atoms with E-state index in [-0.39, 0.29) is 5.41 Å². The van der Waals surface area contributed by atoms with E-state index in [4.69, 9.17) is 10.5 Å². The first-order valence-electron chi connectivity index (χ1n) is 6.55. The fraction of sp³-hybridized carbons (Fsp3) is 0.533. The topological polar surface area (TPSA) is 64.3 Å². The van der Waals surface area contributed by atoms with Gasteiger partial charge in [0.1, 0.15) is 5.60 Å². The van der Waals surface area contributed by atoms with E-state index >= 15 is 0 Å². The Kier molecular flexibility index (Phi) is 5.21. The van der Waals surface area contributed by atoms with E-state index in [2.05, 4.69) is 35.1 Å². The van der Waals surface area contributed by atoms with Gasteiger partial charge >= 0.3 is 6.09 Å². The number of hydrogen-bond donors (Lipinski definition) is 2. The first kappa shape index (κ1) is 17.0. The molecule has 0 aliphatic heterocycles. The SMILES string of the molecule is CC(C)(C)OC(=O)Nc1cc(C(C)(C)CN)ccc1Br. The maximum Gasteiger partial charge on any atom is 0.412 e. The van der Waals surface area contributed by atoms with Crippen molar-refractivity contribution in [1.82, 2.24) is 0 Å². The molecule has 1 aromatic rings. The van der Waals surface area contributed by atoms with E-state index in [0.29, 0.717) is 12.2 Å². The Hall–Kier alpha value is -1.07. The molecule has 4 nitrogen and oxygen atoms in total. The second kappa shape index (κ2) is 6.14. The zero-order valence-corrected chi connectivity index (χ0v) is 14.3. The lowest BCUT2D eigenvalue weighted by Gasteiger charge is -2.24. The summed E-state index contributed by atoms with van der Waals surface area (Å²) in [4.78, 5) is 11.8. The van der Waals surface area contributed by atoms with E-state index in [0.717, 1.165) is 10.0 Å². The van der Waals surface area contributed by atoms with Crippen LogP contribution in [0.15, 0.2) is 22.7 Å². The Bertz CT molecular complexity index is 493. The second-order valence-corrected chi connectivity index (χ2v) is 7.26. The second-order valence-electron chi connectivity index (χ2n) is 6.41. The van der Waals surface area contributed by atoms with Gasteiger partial charge in [0, 0.05) is 16.4 Å². The number of benzene rings is 1. The zero-order chi connectivity index (χ0) is 15.6. The van der Waals surface area contributed by atoms with Crippen molar-refractivity contribution in [1.29, 1.82) is 0 Å². The van der Waals surface area contributed by atoms with E-state index in [1.165, 1.54) is 0 Å². The van der Waals surface area contributed by atoms with Gasteiger partial charge in [0.25, 0.3) is 0 Å². The van der Waals surface area contributed by atoms with Gasteiger partial charge in [-0.1, -0.05) is 19.9 Å². The largest absolute Gasteiger partial charge is 0.444 e. The highest BCUT2D eigenvalue weighted by molar-refractivity contribution is 9.10. The van der Waals surface area contributed by atoms with Crippen LogP contribution in [0, 0.1) is 0 Å². The molecule has 0 aliphatic carbocycles. The number of carbonyl (C=O) groups is 1. The van der Waals surface area contributed by atoms with Gasteiger partial charge in [-0.3, -0.25) is 5.32 Å². The molecule has 0 heterocycles. The van der Waals surface area contributed by atoms with Crippen molar-refractivity contribution in [3.05, 3.63) is 28.2 Å². The van der Waals surface area contributed by atoms with Crippen LogP contribution in [0.3, 0.4) is 0 Å². The minimum Gasteiger partial charge on any atom is -0.444 e. The van der Waals surface area contributed by atoms with E-state index < -0.39 is 11.7 Å². The molecule has 0 aliphatic rings. The van der Waals surface area contributed by atoms with Crippen molar-refractivity contribution >= 4 is 27.7 Å². The summed E-state index contributed by atoms with van der Waals surface area (Å²) in [5.74, 6) is 0. The average molecular weight is 343 g/mol. The molecule has 0 bridgehead atoms. The lowest BCUT2D eigenvalue weighted by Crippen LogP contribution is -2.29. The number of halogens is 1. The lowest BCUT2D eigenvalue weighted by molar-refractivity contribution is 0.0636. The van der Waals surface area contributed by atoms with E-state index in [9.17, 15) is 4.79 Å². The fourth-order valence-electron chi connectivity index (χ4n) is 1.57. The Balaban J connectivity index is 2.96. The van der Waals surface area contributed by atoms with Crippen LogP contribution in [0.2, 0.25) is 0 Å². The Morgan fingerprint density at radius 1 is 1.30 bits per heavy atom. The maximum absolute atomic E-state index is 11.8. The van der Waals surface area contributed by atoms with Crippen LogP contribution in [0.25, 0.3) is 0 Å². The number of nitrogens with one attached hydrogen (secondary N) is 1. The third-order valence-electron chi connectivity index (χ3n) is 2.89. The predicted molar refractivity (Wildman–Crippen MR) is 86.1 cm³/mol. The molecule has 0 saturated carbocycles. The number of nitrogens with two attached hydrogens (primary N) is 1. The molecular formula is C15H23BrN2O2. The molecule has 0 unspecified atom stereocenters. The summed E-state index contributed by atoms with van der Waals surface area (Å²) in [7, 11) is 0. The summed E-state index contributed by atoms with van der Waals surface area (Å²) in [5.41, 5.74) is 6.86. The first-order chi connectivity index (χ1) is 9.05. The highest BCUT2D eigenvalue weighted by Gasteiger charge is 2.21. The van der Waals surface area contributed by atoms with Gasteiger partial charge in [-0.2, -0.15) is 0 Å². The fourth-order valence-corrected chi connectivity index (χ4v) is 1.92. The van der Waals surface area contributed by atoms with Crippen molar-refractivity contribution in [2.45, 2.75) is 45.6 Å². The van der Waals surface area contributed by atoms with Crippen molar-refractivity contribution in [2.75, 3.05) is 11.9 Å². The number of carbonyl (C=O) groups excluding carboxylic acids is 1. The van der Waals surface area contributed by atoms with Crippen LogP contribution >= 0.6 is 15.9 Å². The van der Waals surface area contributed by atoms with Crippen molar-refractivity contribution in [2.24, 2.45) is 5.73 Å². The zero-order valence-electron chi connectivity index (χ0n) is 12.7. The minimum atomic E-state index is -0.523. The van der Waals surface area contributed by atoms with Gasteiger partial charge in [-0.25, -0.2) is 4.79 Å². The molecule has 0 atom stereocenters. The highest BCUT2D eigenvalue weighted by atomic mass is 79.9. The van der Waals surface area contributed by atoms with E-state index in [1.54, 1.807) is 0 Å². The van der Waals surface area contributed by atoms with Gasteiger partial charge in [0.2, 0.25) is 0 Å². The Morgan fingerprint density at radius 2 is 1.90 bits per heavy atom. The molecule has 0 fully saturated rings. The number of anilines is 1. The molecule has 1 amide bonds. The summed E-state index contributed by atoms with van der Waals surface area (Å²) >= 11 is 3.43. The molecule has 0 saturated heterocycles. The third kappa shape index (κ3) is 4.80. The Labute approximate surface area is 129 Å². The molecule has 3 N–H and O–H groups in total. The van der Waals surface area contributed by atoms with Gasteiger partial charge in [-0.15, -0.1) is 0 Å². The van der Waals surface area contributed by atoms with Gasteiger partial charge in [-0.05, 0) is 54.4 Å². The first-order valence-corrected chi connectivity index (χ1v) is 7.34.